The summed E-state index contributed by atoms with van der Waals surface area (Å²) in [4.78, 5) is 23.4. The Morgan fingerprint density at radius 3 is 1.84 bits per heavy atom. The van der Waals surface area contributed by atoms with Crippen LogP contribution >= 0.6 is 0 Å². The monoisotopic (exact) mass is 352 g/mol. The van der Waals surface area contributed by atoms with E-state index in [9.17, 15) is 40.2 Å². The van der Waals surface area contributed by atoms with Gasteiger partial charge in [-0.05, 0) is 12.1 Å². The predicted octanol–water partition coefficient (Wildman–Crippen LogP) is 0.453. The second-order valence-electron chi connectivity index (χ2n) is 4.83. The van der Waals surface area contributed by atoms with Crippen LogP contribution < -0.4 is 11.1 Å². The van der Waals surface area contributed by atoms with Crippen molar-refractivity contribution in [2.24, 2.45) is 0 Å². The number of carboxylic acid groups (broad SMARTS) is 1. The number of carboxylic acids is 1. The van der Waals surface area contributed by atoms with Gasteiger partial charge in [0.2, 0.25) is 5.75 Å². The van der Waals surface area contributed by atoms with E-state index < -0.39 is 68.9 Å². The first-order chi connectivity index (χ1) is 11.6. The van der Waals surface area contributed by atoms with Gasteiger partial charge in [-0.15, -0.1) is 0 Å². The molecule has 0 unspecified atom stereocenters. The highest BCUT2D eigenvalue weighted by atomic mass is 16.4. The molecule has 10 N–H and O–H groups in total. The molecule has 1 amide bonds. The molecule has 2 aromatic carbocycles. The maximum absolute atomic E-state index is 12.2. The van der Waals surface area contributed by atoms with Crippen LogP contribution in [0, 0.1) is 0 Å². The van der Waals surface area contributed by atoms with Gasteiger partial charge in [0.05, 0.1) is 5.69 Å². The molecule has 0 heterocycles. The first kappa shape index (κ1) is 17.3. The van der Waals surface area contributed by atoms with E-state index in [0.717, 1.165) is 12.1 Å². The number of nitrogens with one attached hydrogen (secondary N) is 1. The van der Waals surface area contributed by atoms with E-state index in [4.69, 9.17) is 10.8 Å². The number of benzene rings is 2. The lowest BCUT2D eigenvalue weighted by Gasteiger charge is -2.15. The number of amides is 1. The molecule has 11 heteroatoms. The number of aromatic hydroxyl groups is 6. The Morgan fingerprint density at radius 2 is 1.36 bits per heavy atom. The third-order valence-electron chi connectivity index (χ3n) is 3.24. The third-order valence-corrected chi connectivity index (χ3v) is 3.24. The summed E-state index contributed by atoms with van der Waals surface area (Å²) in [6, 6.07) is 1.51. The fourth-order valence-electron chi connectivity index (χ4n) is 1.99. The predicted molar refractivity (Wildman–Crippen MR) is 82.2 cm³/mol. The van der Waals surface area contributed by atoms with Crippen molar-refractivity contribution in [1.82, 2.24) is 0 Å². The number of hydrogen-bond donors (Lipinski definition) is 9. The molecular weight excluding hydrogens is 340 g/mol. The second-order valence-corrected chi connectivity index (χ2v) is 4.83. The minimum atomic E-state index is -1.73. The van der Waals surface area contributed by atoms with E-state index in [1.807, 2.05) is 5.32 Å². The van der Waals surface area contributed by atoms with Crippen molar-refractivity contribution >= 4 is 23.3 Å². The van der Waals surface area contributed by atoms with Gasteiger partial charge < -0.3 is 46.8 Å². The van der Waals surface area contributed by atoms with Crippen molar-refractivity contribution in [3.05, 3.63) is 23.3 Å². The fourth-order valence-corrected chi connectivity index (χ4v) is 1.99. The maximum Gasteiger partial charge on any atom is 0.340 e. The van der Waals surface area contributed by atoms with E-state index in [-0.39, 0.29) is 0 Å². The normalized spacial score (nSPS) is 10.4. The number of nitrogen functional groups attached to an aromatic ring is 1. The Bertz CT molecular complexity index is 885. The third kappa shape index (κ3) is 2.81. The highest BCUT2D eigenvalue weighted by Gasteiger charge is 2.28. The van der Waals surface area contributed by atoms with Gasteiger partial charge in [-0.3, -0.25) is 4.79 Å². The number of nitrogens with two attached hydrogens (primary N) is 1. The van der Waals surface area contributed by atoms with Crippen LogP contribution in [-0.4, -0.2) is 47.6 Å². The number of anilines is 2. The fraction of sp³-hybridized carbons (Fsp3) is 0. The van der Waals surface area contributed by atoms with Crippen LogP contribution in [-0.2, 0) is 0 Å². The van der Waals surface area contributed by atoms with Gasteiger partial charge >= 0.3 is 5.97 Å². The number of carbonyl (C=O) groups is 2. The molecule has 0 aliphatic rings. The van der Waals surface area contributed by atoms with Crippen molar-refractivity contribution in [3.63, 3.8) is 0 Å². The first-order valence-electron chi connectivity index (χ1n) is 6.42. The van der Waals surface area contributed by atoms with Crippen LogP contribution in [0.2, 0.25) is 0 Å². The smallest absolute Gasteiger partial charge is 0.340 e. The molecule has 0 bridgehead atoms. The average Bonchev–Trinajstić information content (AvgIpc) is 2.54. The lowest BCUT2D eigenvalue weighted by molar-refractivity contribution is 0.0698. The van der Waals surface area contributed by atoms with E-state index in [1.165, 1.54) is 0 Å². The molecule has 2 aromatic rings. The molecule has 0 spiro atoms. The van der Waals surface area contributed by atoms with Crippen molar-refractivity contribution in [1.29, 1.82) is 0 Å². The summed E-state index contributed by atoms with van der Waals surface area (Å²) >= 11 is 0. The van der Waals surface area contributed by atoms with E-state index >= 15 is 0 Å². The lowest BCUT2D eigenvalue weighted by Crippen LogP contribution is -2.16. The first-order valence-corrected chi connectivity index (χ1v) is 6.42. The Labute approximate surface area is 138 Å². The summed E-state index contributed by atoms with van der Waals surface area (Å²) in [5, 5.41) is 67.9. The van der Waals surface area contributed by atoms with Crippen LogP contribution in [0.1, 0.15) is 20.7 Å². The van der Waals surface area contributed by atoms with Crippen LogP contribution in [0.4, 0.5) is 11.4 Å². The zero-order chi connectivity index (χ0) is 19.0. The summed E-state index contributed by atoms with van der Waals surface area (Å²) < 4.78 is 0. The van der Waals surface area contributed by atoms with Crippen molar-refractivity contribution < 1.29 is 45.3 Å². The number of phenolic OH excluding ortho intramolecular Hbond substituents is 6. The summed E-state index contributed by atoms with van der Waals surface area (Å²) in [6.07, 6.45) is 0. The van der Waals surface area contributed by atoms with Crippen LogP contribution in [0.25, 0.3) is 0 Å². The molecule has 0 radical (unpaired) electrons. The van der Waals surface area contributed by atoms with Gasteiger partial charge in [-0.1, -0.05) is 0 Å². The largest absolute Gasteiger partial charge is 0.504 e. The average molecular weight is 352 g/mol. The Balaban J connectivity index is 2.57. The maximum atomic E-state index is 12.2. The molecule has 0 aliphatic heterocycles. The van der Waals surface area contributed by atoms with E-state index in [1.54, 1.807) is 0 Å². The Kier molecular flexibility index (Phi) is 4.08. The molecule has 132 valence electrons. The lowest BCUT2D eigenvalue weighted by atomic mass is 10.1. The molecule has 25 heavy (non-hydrogen) atoms. The minimum Gasteiger partial charge on any atom is -0.504 e. The SMILES string of the molecule is Nc1c(O)c(O)c(O)c(NC(=O)c2cc(O)c(O)c(O)c2)c1C(=O)O. The van der Waals surface area contributed by atoms with Gasteiger partial charge in [-0.25, -0.2) is 4.79 Å². The Hall–Kier alpha value is -4.02. The molecule has 0 atom stereocenters. The molecular formula is C14H12N2O9. The van der Waals surface area contributed by atoms with Crippen molar-refractivity contribution in [2.45, 2.75) is 0 Å². The van der Waals surface area contributed by atoms with Gasteiger partial charge in [0.1, 0.15) is 11.3 Å². The molecule has 0 fully saturated rings. The molecule has 0 saturated heterocycles. The zero-order valence-electron chi connectivity index (χ0n) is 12.2. The van der Waals surface area contributed by atoms with Crippen LogP contribution in [0.15, 0.2) is 12.1 Å². The summed E-state index contributed by atoms with van der Waals surface area (Å²) in [7, 11) is 0. The number of aromatic carboxylic acids is 1. The number of phenols is 6. The number of rotatable bonds is 3. The summed E-state index contributed by atoms with van der Waals surface area (Å²) in [5.41, 5.74) is 2.42. The zero-order valence-corrected chi connectivity index (χ0v) is 12.2. The van der Waals surface area contributed by atoms with Crippen molar-refractivity contribution in [2.75, 3.05) is 11.1 Å². The highest BCUT2D eigenvalue weighted by molar-refractivity contribution is 6.12. The summed E-state index contributed by atoms with van der Waals surface area (Å²) in [5.74, 6) is -8.81. The minimum absolute atomic E-state index is 0.422. The standard InChI is InChI=1S/C14H12N2O9/c15-7-6(14(24)25)8(11(21)12(22)10(7)20)16-13(23)3-1-4(17)9(19)5(18)2-3/h1-2,17-22H,15H2,(H,16,23)(H,24,25). The van der Waals surface area contributed by atoms with Gasteiger partial charge in [0.25, 0.3) is 5.91 Å². The van der Waals surface area contributed by atoms with Crippen molar-refractivity contribution in [3.8, 4) is 34.5 Å². The number of carbonyl (C=O) groups excluding carboxylic acids is 1. The molecule has 0 saturated carbocycles. The van der Waals surface area contributed by atoms with E-state index in [2.05, 4.69) is 0 Å². The molecule has 2 rings (SSSR count). The van der Waals surface area contributed by atoms with Crippen LogP contribution in [0.5, 0.6) is 34.5 Å². The number of hydrogen-bond acceptors (Lipinski definition) is 9. The van der Waals surface area contributed by atoms with Gasteiger partial charge in [-0.2, -0.15) is 0 Å². The van der Waals surface area contributed by atoms with Gasteiger partial charge in [0.15, 0.2) is 28.7 Å². The Morgan fingerprint density at radius 1 is 0.840 bits per heavy atom. The topological polar surface area (TPSA) is 214 Å². The quantitative estimate of drug-likeness (QED) is 0.211. The van der Waals surface area contributed by atoms with Crippen LogP contribution in [0.3, 0.4) is 0 Å². The van der Waals surface area contributed by atoms with Gasteiger partial charge in [0, 0.05) is 5.56 Å². The molecule has 0 aromatic heterocycles. The highest BCUT2D eigenvalue weighted by Crippen LogP contribution is 2.48. The molecule has 11 nitrogen and oxygen atoms in total. The second kappa shape index (κ2) is 5.88. The molecule has 0 aliphatic carbocycles. The van der Waals surface area contributed by atoms with E-state index in [0.29, 0.717) is 0 Å². The summed E-state index contributed by atoms with van der Waals surface area (Å²) in [6.45, 7) is 0.